The minimum absolute atomic E-state index is 0.784. The summed E-state index contributed by atoms with van der Waals surface area (Å²) in [6.45, 7) is 0. The first-order valence-corrected chi connectivity index (χ1v) is 8.13. The van der Waals surface area contributed by atoms with Crippen LogP contribution in [0.2, 0.25) is 0 Å². The first-order chi connectivity index (χ1) is 5.31. The molecular formula is C9H17PS. The van der Waals surface area contributed by atoms with Crippen molar-refractivity contribution in [2.45, 2.75) is 44.2 Å². The van der Waals surface area contributed by atoms with Crippen molar-refractivity contribution in [3.63, 3.8) is 0 Å². The maximum absolute atomic E-state index is 5.84. The van der Waals surface area contributed by atoms with E-state index in [0.717, 1.165) is 5.66 Å². The Morgan fingerprint density at radius 3 is 1.91 bits per heavy atom. The largest absolute Gasteiger partial charge is 0.0972 e. The standard InChI is InChI=1S/C9H17PS/c11-10-7-3-1-5-9(10)6-2-4-8-10/h9H,1-8H2. The summed E-state index contributed by atoms with van der Waals surface area (Å²) >= 11 is 5.84. The topological polar surface area (TPSA) is 0 Å². The number of hydrogen-bond acceptors (Lipinski definition) is 1. The fourth-order valence-corrected chi connectivity index (χ4v) is 7.80. The third kappa shape index (κ3) is 1.55. The van der Waals surface area contributed by atoms with Crippen molar-refractivity contribution in [2.24, 2.45) is 0 Å². The molecule has 2 fully saturated rings. The Bertz CT molecular complexity index is 172. The Labute approximate surface area is 74.8 Å². The molecule has 0 bridgehead atoms. The van der Waals surface area contributed by atoms with Crippen molar-refractivity contribution in [1.29, 1.82) is 0 Å². The van der Waals surface area contributed by atoms with Gasteiger partial charge in [-0.2, -0.15) is 0 Å². The Hall–Kier alpha value is 0.650. The van der Waals surface area contributed by atoms with E-state index in [1.165, 1.54) is 50.8 Å². The van der Waals surface area contributed by atoms with E-state index in [0.29, 0.717) is 0 Å². The molecule has 0 unspecified atom stereocenters. The molecule has 2 aliphatic heterocycles. The molecule has 2 heterocycles. The minimum Gasteiger partial charge on any atom is -0.0972 e. The van der Waals surface area contributed by atoms with Crippen LogP contribution in [0.25, 0.3) is 0 Å². The van der Waals surface area contributed by atoms with E-state index in [1.54, 1.807) is 0 Å². The third-order valence-electron chi connectivity index (χ3n) is 3.31. The lowest BCUT2D eigenvalue weighted by atomic mass is 10.1. The summed E-state index contributed by atoms with van der Waals surface area (Å²) in [5.41, 5.74) is 1.03. The van der Waals surface area contributed by atoms with Gasteiger partial charge in [-0.15, -0.1) is 0 Å². The van der Waals surface area contributed by atoms with Crippen LogP contribution < -0.4 is 0 Å². The van der Waals surface area contributed by atoms with Crippen LogP contribution in [0.3, 0.4) is 0 Å². The van der Waals surface area contributed by atoms with Crippen molar-refractivity contribution in [3.8, 4) is 0 Å². The summed E-state index contributed by atoms with van der Waals surface area (Å²) < 4.78 is 0. The molecule has 0 spiro atoms. The van der Waals surface area contributed by atoms with Crippen LogP contribution in [0.15, 0.2) is 0 Å². The van der Waals surface area contributed by atoms with E-state index in [4.69, 9.17) is 11.8 Å². The van der Waals surface area contributed by atoms with Crippen LogP contribution in [0.5, 0.6) is 0 Å². The molecule has 0 amide bonds. The molecule has 0 saturated carbocycles. The van der Waals surface area contributed by atoms with Crippen molar-refractivity contribution in [3.05, 3.63) is 0 Å². The molecule has 0 aromatic rings. The molecule has 2 saturated heterocycles. The highest BCUT2D eigenvalue weighted by molar-refractivity contribution is 8.15. The summed E-state index contributed by atoms with van der Waals surface area (Å²) in [7, 11) is 0. The van der Waals surface area contributed by atoms with E-state index < -0.39 is 6.04 Å². The van der Waals surface area contributed by atoms with Gasteiger partial charge in [0.25, 0.3) is 0 Å². The zero-order valence-electron chi connectivity index (χ0n) is 7.09. The predicted molar refractivity (Wildman–Crippen MR) is 55.5 cm³/mol. The van der Waals surface area contributed by atoms with Gasteiger partial charge in [0.05, 0.1) is 0 Å². The monoisotopic (exact) mass is 188 g/mol. The highest BCUT2D eigenvalue weighted by atomic mass is 32.4. The van der Waals surface area contributed by atoms with Crippen LogP contribution in [0.1, 0.15) is 38.5 Å². The first kappa shape index (κ1) is 8.26. The fourth-order valence-electron chi connectivity index (χ4n) is 2.61. The van der Waals surface area contributed by atoms with Crippen LogP contribution >= 0.6 is 6.04 Å². The summed E-state index contributed by atoms with van der Waals surface area (Å²) in [6, 6.07) is -0.784. The molecule has 0 radical (unpaired) electrons. The van der Waals surface area contributed by atoms with E-state index in [-0.39, 0.29) is 0 Å². The van der Waals surface area contributed by atoms with Crippen molar-refractivity contribution in [2.75, 3.05) is 12.3 Å². The lowest BCUT2D eigenvalue weighted by Crippen LogP contribution is -2.21. The smallest absolute Gasteiger partial charge is 0.0118 e. The number of rotatable bonds is 0. The first-order valence-electron chi connectivity index (χ1n) is 4.89. The van der Waals surface area contributed by atoms with Crippen LogP contribution in [0.4, 0.5) is 0 Å². The molecule has 0 nitrogen and oxygen atoms in total. The molecule has 0 aliphatic carbocycles. The molecule has 2 rings (SSSR count). The van der Waals surface area contributed by atoms with Gasteiger partial charge in [0.15, 0.2) is 0 Å². The van der Waals surface area contributed by atoms with Gasteiger partial charge in [0, 0.05) is 0 Å². The van der Waals surface area contributed by atoms with Crippen LogP contribution in [0, 0.1) is 0 Å². The highest BCUT2D eigenvalue weighted by Gasteiger charge is 2.32. The maximum atomic E-state index is 5.84. The van der Waals surface area contributed by atoms with Gasteiger partial charge in [-0.05, 0) is 49.7 Å². The Morgan fingerprint density at radius 1 is 0.909 bits per heavy atom. The molecule has 0 N–H and O–H groups in total. The molecule has 2 aliphatic rings. The summed E-state index contributed by atoms with van der Waals surface area (Å²) in [5.74, 6) is 0. The number of fused-ring (bicyclic) bond motifs is 1. The van der Waals surface area contributed by atoms with Crippen LogP contribution in [-0.4, -0.2) is 18.0 Å². The van der Waals surface area contributed by atoms with E-state index in [2.05, 4.69) is 0 Å². The van der Waals surface area contributed by atoms with E-state index >= 15 is 0 Å². The van der Waals surface area contributed by atoms with Gasteiger partial charge in [-0.1, -0.05) is 24.6 Å². The SMILES string of the molecule is S=P12CCCCC1CCCC2. The molecular weight excluding hydrogens is 171 g/mol. The highest BCUT2D eigenvalue weighted by Crippen LogP contribution is 2.60. The molecule has 11 heavy (non-hydrogen) atoms. The minimum atomic E-state index is -0.784. The van der Waals surface area contributed by atoms with Crippen molar-refractivity contribution in [1.82, 2.24) is 0 Å². The second-order valence-electron chi connectivity index (χ2n) is 4.04. The Balaban J connectivity index is 2.13. The second kappa shape index (κ2) is 3.18. The maximum Gasteiger partial charge on any atom is -0.0118 e. The van der Waals surface area contributed by atoms with Gasteiger partial charge in [0.2, 0.25) is 0 Å². The Kier molecular flexibility index (Phi) is 2.39. The Morgan fingerprint density at radius 2 is 1.45 bits per heavy atom. The molecule has 0 atom stereocenters. The zero-order chi connectivity index (χ0) is 7.73. The van der Waals surface area contributed by atoms with Gasteiger partial charge in [0.1, 0.15) is 0 Å². The van der Waals surface area contributed by atoms with E-state index in [1.807, 2.05) is 0 Å². The normalized spacial score (nSPS) is 44.9. The zero-order valence-corrected chi connectivity index (χ0v) is 8.80. The lowest BCUT2D eigenvalue weighted by molar-refractivity contribution is 0.566. The van der Waals surface area contributed by atoms with Gasteiger partial charge in [-0.25, -0.2) is 0 Å². The summed E-state index contributed by atoms with van der Waals surface area (Å²) in [5, 5.41) is 0. The van der Waals surface area contributed by atoms with Gasteiger partial charge in [-0.3, -0.25) is 0 Å². The number of hydrogen-bond donors (Lipinski definition) is 0. The average Bonchev–Trinajstić information content (AvgIpc) is 2.03. The predicted octanol–water partition coefficient (Wildman–Crippen LogP) is 3.20. The average molecular weight is 188 g/mol. The van der Waals surface area contributed by atoms with Crippen molar-refractivity contribution >= 4 is 17.8 Å². The van der Waals surface area contributed by atoms with Gasteiger partial charge >= 0.3 is 0 Å². The van der Waals surface area contributed by atoms with Crippen molar-refractivity contribution < 1.29 is 0 Å². The molecule has 0 aromatic carbocycles. The summed E-state index contributed by atoms with van der Waals surface area (Å²) in [4.78, 5) is 0. The third-order valence-corrected chi connectivity index (χ3v) is 9.30. The van der Waals surface area contributed by atoms with Gasteiger partial charge < -0.3 is 0 Å². The van der Waals surface area contributed by atoms with E-state index in [9.17, 15) is 0 Å². The lowest BCUT2D eigenvalue weighted by Gasteiger charge is -2.39. The quantitative estimate of drug-likeness (QED) is 0.526. The fraction of sp³-hybridized carbons (Fsp3) is 1.00. The second-order valence-corrected chi connectivity index (χ2v) is 9.76. The van der Waals surface area contributed by atoms with Crippen LogP contribution in [-0.2, 0) is 11.8 Å². The molecule has 0 aromatic heterocycles. The molecule has 64 valence electrons. The molecule has 2 heteroatoms. The summed E-state index contributed by atoms with van der Waals surface area (Å²) in [6.07, 6.45) is 11.7.